The number of ketones is 1. The zero-order valence-electron chi connectivity index (χ0n) is 17.6. The summed E-state index contributed by atoms with van der Waals surface area (Å²) in [5.74, 6) is 0.994. The number of benzene rings is 2. The average molecular weight is 422 g/mol. The fourth-order valence-electron chi connectivity index (χ4n) is 3.78. The van der Waals surface area contributed by atoms with Gasteiger partial charge in [-0.15, -0.1) is 0 Å². The van der Waals surface area contributed by atoms with Crippen molar-refractivity contribution in [2.45, 2.75) is 25.9 Å². The molecular formula is C24H26N2O5. The standard InChI is InChI=1S/C24H26N2O5/c1-17-6-8-18(9-7-17)19(27)10-11-23(28)25-12-14-26(15-13-25)24(29)22-16-30-20-4-2-3-5-21(20)31-22/h2-9,22H,10-16H2,1H3/t22-/m0/s1. The molecular weight excluding hydrogens is 396 g/mol. The molecule has 2 aromatic rings. The Labute approximate surface area is 181 Å². The Morgan fingerprint density at radius 2 is 1.52 bits per heavy atom. The van der Waals surface area contributed by atoms with Crippen molar-refractivity contribution in [3.05, 3.63) is 59.7 Å². The van der Waals surface area contributed by atoms with Crippen LogP contribution in [0.4, 0.5) is 0 Å². The highest BCUT2D eigenvalue weighted by atomic mass is 16.6. The Bertz CT molecular complexity index is 964. The summed E-state index contributed by atoms with van der Waals surface area (Å²) in [6.07, 6.45) is -0.311. The van der Waals surface area contributed by atoms with Crippen molar-refractivity contribution in [3.8, 4) is 11.5 Å². The highest BCUT2D eigenvalue weighted by Crippen LogP contribution is 2.31. The molecule has 0 unspecified atom stereocenters. The van der Waals surface area contributed by atoms with Crippen molar-refractivity contribution in [3.63, 3.8) is 0 Å². The number of piperazine rings is 1. The van der Waals surface area contributed by atoms with Crippen LogP contribution in [-0.2, 0) is 9.59 Å². The summed E-state index contributed by atoms with van der Waals surface area (Å²) < 4.78 is 11.4. The summed E-state index contributed by atoms with van der Waals surface area (Å²) in [7, 11) is 0. The van der Waals surface area contributed by atoms with Crippen LogP contribution in [0, 0.1) is 6.92 Å². The average Bonchev–Trinajstić information content (AvgIpc) is 2.82. The number of carbonyl (C=O) groups excluding carboxylic acids is 3. The number of ether oxygens (including phenoxy) is 2. The van der Waals surface area contributed by atoms with Gasteiger partial charge in [0.15, 0.2) is 17.3 Å². The molecule has 1 fully saturated rings. The summed E-state index contributed by atoms with van der Waals surface area (Å²) in [6, 6.07) is 14.7. The van der Waals surface area contributed by atoms with Crippen LogP contribution in [0.3, 0.4) is 0 Å². The van der Waals surface area contributed by atoms with Crippen LogP contribution in [0.2, 0.25) is 0 Å². The number of fused-ring (bicyclic) bond motifs is 1. The summed E-state index contributed by atoms with van der Waals surface area (Å²) in [5, 5.41) is 0. The van der Waals surface area contributed by atoms with Gasteiger partial charge in [0.25, 0.3) is 5.91 Å². The lowest BCUT2D eigenvalue weighted by atomic mass is 10.0. The molecule has 162 valence electrons. The van der Waals surface area contributed by atoms with Gasteiger partial charge in [0.1, 0.15) is 6.61 Å². The van der Waals surface area contributed by atoms with E-state index < -0.39 is 6.10 Å². The second-order valence-electron chi connectivity index (χ2n) is 7.86. The number of para-hydroxylation sites is 2. The second-order valence-corrected chi connectivity index (χ2v) is 7.86. The lowest BCUT2D eigenvalue weighted by Gasteiger charge is -2.37. The maximum Gasteiger partial charge on any atom is 0.267 e. The van der Waals surface area contributed by atoms with E-state index >= 15 is 0 Å². The molecule has 2 heterocycles. The first-order valence-corrected chi connectivity index (χ1v) is 10.6. The van der Waals surface area contributed by atoms with Gasteiger partial charge in [-0.05, 0) is 19.1 Å². The number of rotatable bonds is 5. The molecule has 2 amide bonds. The monoisotopic (exact) mass is 422 g/mol. The summed E-state index contributed by atoms with van der Waals surface area (Å²) in [4.78, 5) is 41.1. The van der Waals surface area contributed by atoms with E-state index in [1.54, 1.807) is 28.0 Å². The topological polar surface area (TPSA) is 76.2 Å². The highest BCUT2D eigenvalue weighted by Gasteiger charge is 2.33. The molecule has 1 atom stereocenters. The molecule has 0 aromatic heterocycles. The van der Waals surface area contributed by atoms with E-state index in [4.69, 9.17) is 9.47 Å². The van der Waals surface area contributed by atoms with Crippen LogP contribution in [0.1, 0.15) is 28.8 Å². The molecule has 2 aliphatic rings. The SMILES string of the molecule is Cc1ccc(C(=O)CCC(=O)N2CCN(C(=O)[C@@H]3COc4ccccc4O3)CC2)cc1. The molecule has 0 N–H and O–H groups in total. The van der Waals surface area contributed by atoms with Crippen molar-refractivity contribution in [1.82, 2.24) is 9.80 Å². The first kappa shape index (κ1) is 20.9. The maximum absolute atomic E-state index is 12.8. The Morgan fingerprint density at radius 1 is 0.871 bits per heavy atom. The van der Waals surface area contributed by atoms with E-state index in [9.17, 15) is 14.4 Å². The van der Waals surface area contributed by atoms with Crippen LogP contribution >= 0.6 is 0 Å². The molecule has 0 radical (unpaired) electrons. The number of aryl methyl sites for hydroxylation is 1. The minimum Gasteiger partial charge on any atom is -0.485 e. The van der Waals surface area contributed by atoms with Crippen molar-refractivity contribution < 1.29 is 23.9 Å². The Morgan fingerprint density at radius 3 is 2.23 bits per heavy atom. The Balaban J connectivity index is 1.24. The van der Waals surface area contributed by atoms with Gasteiger partial charge in [-0.1, -0.05) is 42.0 Å². The van der Waals surface area contributed by atoms with E-state index in [1.807, 2.05) is 37.3 Å². The van der Waals surface area contributed by atoms with Gasteiger partial charge in [-0.2, -0.15) is 0 Å². The van der Waals surface area contributed by atoms with Gasteiger partial charge < -0.3 is 19.3 Å². The number of hydrogen-bond acceptors (Lipinski definition) is 5. The predicted octanol–water partition coefficient (Wildman–Crippen LogP) is 2.47. The summed E-state index contributed by atoms with van der Waals surface area (Å²) in [6.45, 7) is 3.93. The predicted molar refractivity (Wildman–Crippen MR) is 114 cm³/mol. The molecule has 4 rings (SSSR count). The van der Waals surface area contributed by atoms with Crippen molar-refractivity contribution in [2.75, 3.05) is 32.8 Å². The Kier molecular flexibility index (Phi) is 6.21. The molecule has 31 heavy (non-hydrogen) atoms. The zero-order valence-corrected chi connectivity index (χ0v) is 17.6. The molecule has 7 heteroatoms. The third kappa shape index (κ3) is 4.87. The minimum absolute atomic E-state index is 0.0307. The normalized spacial score (nSPS) is 17.9. The van der Waals surface area contributed by atoms with Crippen molar-refractivity contribution in [1.29, 1.82) is 0 Å². The highest BCUT2D eigenvalue weighted by molar-refractivity contribution is 5.98. The quantitative estimate of drug-likeness (QED) is 0.692. The minimum atomic E-state index is -0.677. The third-order valence-corrected chi connectivity index (χ3v) is 5.67. The number of Topliss-reactive ketones (excluding diaryl/α,β-unsaturated/α-hetero) is 1. The molecule has 0 bridgehead atoms. The van der Waals surface area contributed by atoms with Crippen molar-refractivity contribution >= 4 is 17.6 Å². The summed E-state index contributed by atoms with van der Waals surface area (Å²) >= 11 is 0. The number of hydrogen-bond donors (Lipinski definition) is 0. The molecule has 0 saturated carbocycles. The largest absolute Gasteiger partial charge is 0.485 e. The smallest absolute Gasteiger partial charge is 0.267 e. The van der Waals surface area contributed by atoms with Crippen LogP contribution in [0.25, 0.3) is 0 Å². The van der Waals surface area contributed by atoms with E-state index in [0.717, 1.165) is 5.56 Å². The molecule has 2 aromatic carbocycles. The van der Waals surface area contributed by atoms with Crippen LogP contribution in [0.15, 0.2) is 48.5 Å². The van der Waals surface area contributed by atoms with Crippen LogP contribution in [0.5, 0.6) is 11.5 Å². The number of nitrogens with zero attached hydrogens (tertiary/aromatic N) is 2. The lowest BCUT2D eigenvalue weighted by Crippen LogP contribution is -2.55. The first-order valence-electron chi connectivity index (χ1n) is 10.6. The van der Waals surface area contributed by atoms with E-state index in [-0.39, 0.29) is 37.0 Å². The third-order valence-electron chi connectivity index (χ3n) is 5.67. The van der Waals surface area contributed by atoms with Crippen molar-refractivity contribution in [2.24, 2.45) is 0 Å². The van der Waals surface area contributed by atoms with Gasteiger partial charge in [-0.25, -0.2) is 0 Å². The first-order chi connectivity index (χ1) is 15.0. The number of amides is 2. The number of carbonyl (C=O) groups is 3. The van der Waals surface area contributed by atoms with Gasteiger partial charge >= 0.3 is 0 Å². The molecule has 2 aliphatic heterocycles. The Hall–Kier alpha value is -3.35. The van der Waals surface area contributed by atoms with Gasteiger partial charge in [-0.3, -0.25) is 14.4 Å². The van der Waals surface area contributed by atoms with E-state index in [0.29, 0.717) is 43.2 Å². The summed E-state index contributed by atoms with van der Waals surface area (Å²) in [5.41, 5.74) is 1.72. The fraction of sp³-hybridized carbons (Fsp3) is 0.375. The molecule has 7 nitrogen and oxygen atoms in total. The molecule has 1 saturated heterocycles. The van der Waals surface area contributed by atoms with Gasteiger partial charge in [0, 0.05) is 44.6 Å². The fourth-order valence-corrected chi connectivity index (χ4v) is 3.78. The van der Waals surface area contributed by atoms with Gasteiger partial charge in [0.2, 0.25) is 12.0 Å². The maximum atomic E-state index is 12.8. The molecule has 0 spiro atoms. The van der Waals surface area contributed by atoms with Gasteiger partial charge in [0.05, 0.1) is 0 Å². The van der Waals surface area contributed by atoms with Crippen LogP contribution < -0.4 is 9.47 Å². The van der Waals surface area contributed by atoms with E-state index in [2.05, 4.69) is 0 Å². The zero-order chi connectivity index (χ0) is 21.8. The lowest BCUT2D eigenvalue weighted by molar-refractivity contribution is -0.146. The van der Waals surface area contributed by atoms with E-state index in [1.165, 1.54) is 0 Å². The molecule has 0 aliphatic carbocycles. The van der Waals surface area contributed by atoms with Crippen LogP contribution in [-0.4, -0.2) is 66.3 Å². The second kappa shape index (κ2) is 9.20.